The number of nitrogens with one attached hydrogen (secondary N) is 10. The van der Waals surface area contributed by atoms with Gasteiger partial charge in [-0.25, -0.2) is 0 Å². The fourth-order valence-electron chi connectivity index (χ4n) is 11.4. The fraction of sp³-hybridized carbons (Fsp3) is 0.785. The van der Waals surface area contributed by atoms with E-state index in [4.69, 9.17) is 11.5 Å². The van der Waals surface area contributed by atoms with E-state index in [0.717, 1.165) is 43.0 Å². The van der Waals surface area contributed by atoms with Crippen LogP contribution in [-0.4, -0.2) is 235 Å². The second kappa shape index (κ2) is 41.1. The Morgan fingerprint density at radius 3 is 1.52 bits per heavy atom. The third-order valence-electron chi connectivity index (χ3n) is 17.6. The lowest BCUT2D eigenvalue weighted by Crippen LogP contribution is -2.65. The van der Waals surface area contributed by atoms with Gasteiger partial charge < -0.3 is 100.0 Å². The second-order valence-corrected chi connectivity index (χ2v) is 27.6. The molecular weight excluding hydrogens is 1280 g/mol. The molecule has 2 saturated heterocycles. The lowest BCUT2D eigenvalue weighted by molar-refractivity contribution is -0.148. The van der Waals surface area contributed by atoms with Gasteiger partial charge in [0.15, 0.2) is 6.10 Å². The lowest BCUT2D eigenvalue weighted by atomic mass is 9.94. The zero-order chi connectivity index (χ0) is 74.9. The predicted molar refractivity (Wildman–Crippen MR) is 357 cm³/mol. The van der Waals surface area contributed by atoms with Crippen LogP contribution in [0.15, 0.2) is 0 Å². The quantitative estimate of drug-likeness (QED) is 0.0461. The summed E-state index contributed by atoms with van der Waals surface area (Å²) < 4.78 is 0. The minimum atomic E-state index is -2.56. The molecule has 0 aromatic rings. The van der Waals surface area contributed by atoms with E-state index in [1.165, 1.54) is 48.5 Å². The number of nitrogens with zero attached hydrogens (tertiary/aromatic N) is 2. The number of nitrogens with two attached hydrogens (primary N) is 2. The first kappa shape index (κ1) is 86.5. The summed E-state index contributed by atoms with van der Waals surface area (Å²) in [5.41, 5.74) is 11.0. The summed E-state index contributed by atoms with van der Waals surface area (Å²) in [7, 11) is 1.11. The average Bonchev–Trinajstić information content (AvgIpc) is 1.70. The number of fused-ring (bicyclic) bond motifs is 1. The number of amides is 14. The minimum absolute atomic E-state index is 0.00655. The molecular formula is C65H114N14O19. The molecule has 2 fully saturated rings. The van der Waals surface area contributed by atoms with Gasteiger partial charge >= 0.3 is 0 Å². The molecule has 18 atom stereocenters. The Kier molecular flexibility index (Phi) is 36.2. The maximum absolute atomic E-state index is 14.8. The number of hydrogen-bond acceptors (Lipinski definition) is 19. The molecule has 98 heavy (non-hydrogen) atoms. The van der Waals surface area contributed by atoms with E-state index in [1.807, 2.05) is 6.92 Å². The average molecular weight is 1400 g/mol. The van der Waals surface area contributed by atoms with Crippen molar-refractivity contribution in [3.05, 3.63) is 0 Å². The van der Waals surface area contributed by atoms with Crippen LogP contribution in [0.25, 0.3) is 0 Å². The number of likely N-dealkylation sites (N-methyl/N-ethyl adjacent to an activating group) is 1. The normalized spacial score (nSPS) is 27.9. The van der Waals surface area contributed by atoms with Crippen LogP contribution in [0.4, 0.5) is 0 Å². The number of aliphatic hydroxyl groups excluding tert-OH is 5. The Bertz CT molecular complexity index is 2750. The van der Waals surface area contributed by atoms with E-state index in [-0.39, 0.29) is 44.6 Å². The molecule has 33 nitrogen and oxygen atoms in total. The number of aliphatic hydroxyl groups is 5. The third kappa shape index (κ3) is 26.2. The van der Waals surface area contributed by atoms with E-state index in [0.29, 0.717) is 12.8 Å². The first-order valence-electron chi connectivity index (χ1n) is 34.2. The Labute approximate surface area is 574 Å². The highest BCUT2D eigenvalue weighted by Crippen LogP contribution is 2.23. The van der Waals surface area contributed by atoms with E-state index >= 15 is 0 Å². The fourth-order valence-corrected chi connectivity index (χ4v) is 11.4. The topological polar surface area (TPSA) is 519 Å². The molecule has 2 heterocycles. The molecule has 0 radical (unpaired) electrons. The van der Waals surface area contributed by atoms with Gasteiger partial charge in [-0.3, -0.25) is 67.1 Å². The number of unbranched alkanes of at least 4 members (excludes halogenated alkanes) is 4. The van der Waals surface area contributed by atoms with Crippen molar-refractivity contribution in [2.24, 2.45) is 41.1 Å². The van der Waals surface area contributed by atoms with Gasteiger partial charge in [-0.05, 0) is 82.5 Å². The van der Waals surface area contributed by atoms with E-state index in [9.17, 15) is 92.7 Å². The summed E-state index contributed by atoms with van der Waals surface area (Å²) in [4.78, 5) is 199. The molecule has 558 valence electrons. The Morgan fingerprint density at radius 2 is 1.01 bits per heavy atom. The molecule has 2 rings (SSSR count). The molecule has 14 amide bonds. The van der Waals surface area contributed by atoms with Crippen molar-refractivity contribution in [2.45, 2.75) is 283 Å². The molecule has 33 heteroatoms. The zero-order valence-electron chi connectivity index (χ0n) is 59.6. The van der Waals surface area contributed by atoms with Gasteiger partial charge in [0, 0.05) is 32.5 Å². The Morgan fingerprint density at radius 1 is 0.520 bits per heavy atom. The molecule has 19 N–H and O–H groups in total. The molecule has 0 unspecified atom stereocenters. The van der Waals surface area contributed by atoms with Crippen LogP contribution in [0.3, 0.4) is 0 Å². The van der Waals surface area contributed by atoms with Gasteiger partial charge in [0.05, 0.1) is 24.4 Å². The summed E-state index contributed by atoms with van der Waals surface area (Å²) in [5.74, 6) is -18.6. The minimum Gasteiger partial charge on any atom is -0.391 e. The van der Waals surface area contributed by atoms with Gasteiger partial charge in [-0.2, -0.15) is 0 Å². The van der Waals surface area contributed by atoms with Gasteiger partial charge in [0.25, 0.3) is 0 Å². The van der Waals surface area contributed by atoms with Crippen LogP contribution < -0.4 is 64.6 Å². The molecule has 0 aromatic carbocycles. The highest BCUT2D eigenvalue weighted by atomic mass is 16.3. The molecule has 0 aromatic heterocycles. The van der Waals surface area contributed by atoms with Crippen molar-refractivity contribution < 1.29 is 92.7 Å². The first-order valence-corrected chi connectivity index (χ1v) is 34.2. The lowest BCUT2D eigenvalue weighted by Gasteiger charge is -2.36. The molecule has 0 spiro atoms. The van der Waals surface area contributed by atoms with Crippen molar-refractivity contribution in [2.75, 3.05) is 13.6 Å². The van der Waals surface area contributed by atoms with Crippen molar-refractivity contribution in [3.8, 4) is 0 Å². The van der Waals surface area contributed by atoms with Crippen LogP contribution >= 0.6 is 0 Å². The van der Waals surface area contributed by atoms with Gasteiger partial charge in [0.1, 0.15) is 66.5 Å². The van der Waals surface area contributed by atoms with Crippen molar-refractivity contribution in [1.29, 1.82) is 0 Å². The summed E-state index contributed by atoms with van der Waals surface area (Å²) in [6.45, 7) is 21.2. The SMILES string of the molecule is CCCCCCC[C@@H]1CC(=O)N[C@@H](C(C)C)C(=O)N[C@H]([C@@H](O)C(C)C)C(=O)N[C@@H](C)C(=O)N[C@H]([C@@H](O)C(C)C)C(=O)N[C@@H](CCC(N)=O)C(=O)N(C)[C@@H]([C@@H](C)CC)C(=O)N[C@H]([C@@H](O)C(N)=O)C(=O)N[C@@H]([C@@H](C)O)C(=O)N2CCC[C@H]2C(=O)N[C@H](CC(C)C)C(=O)N[C@@H]([C@@H](C)O)C(=O)N1. The van der Waals surface area contributed by atoms with Gasteiger partial charge in [-0.1, -0.05) is 115 Å². The first-order chi connectivity index (χ1) is 45.6. The standard InChI is InChI=1S/C65H114N14O19/c1-16-18-19-20-21-23-38-29-43(83)72-44(31(5)6)58(91)76-47(51(84)32(7)8)60(93)68-35(12)55(88)75-48(52(85)33(9)10)61(94)70-39(25-26-42(66)82)64(97)78(15)50(34(11)17-2)63(96)77-49(53(86)54(67)87)62(95)74-46(37(14)81)65(98)79-27-22-24-41(79)57(90)71-40(28-30(3)4)56(89)73-45(36(13)80)59(92)69-38/h30-41,44-53,80-81,84-86H,16-29H2,1-15H3,(H2,66,82)(H2,67,87)(H,68,93)(H,69,92)(H,70,94)(H,71,90)(H,72,83)(H,73,89)(H,74,95)(H,75,88)(H,76,91)(H,77,96)/t34-,35-,36+,37+,38+,39-,40+,41-,44-,45-,46-,47+,48+,49+,50-,51-,52-,53+/m0/s1. The zero-order valence-corrected chi connectivity index (χ0v) is 59.6. The Hall–Kier alpha value is -7.62. The van der Waals surface area contributed by atoms with Gasteiger partial charge in [-0.15, -0.1) is 0 Å². The molecule has 0 saturated carbocycles. The smallest absolute Gasteiger partial charge is 0.248 e. The number of carbonyl (C=O) groups excluding carboxylic acids is 14. The highest BCUT2D eigenvalue weighted by molar-refractivity contribution is 6.01. The molecule has 0 bridgehead atoms. The largest absolute Gasteiger partial charge is 0.391 e. The maximum atomic E-state index is 14.8. The summed E-state index contributed by atoms with van der Waals surface area (Å²) in [6.07, 6.45) is -6.56. The number of rotatable bonds is 22. The number of hydrogen-bond donors (Lipinski definition) is 17. The summed E-state index contributed by atoms with van der Waals surface area (Å²) in [6, 6.07) is -20.0. The van der Waals surface area contributed by atoms with Crippen LogP contribution in [0.5, 0.6) is 0 Å². The molecule has 2 aliphatic heterocycles. The van der Waals surface area contributed by atoms with E-state index in [2.05, 4.69) is 53.2 Å². The predicted octanol–water partition coefficient (Wildman–Crippen LogP) is -3.91. The van der Waals surface area contributed by atoms with Gasteiger partial charge in [0.2, 0.25) is 82.7 Å². The second-order valence-electron chi connectivity index (χ2n) is 27.6. The van der Waals surface area contributed by atoms with Crippen LogP contribution in [0, 0.1) is 29.6 Å². The van der Waals surface area contributed by atoms with Crippen LogP contribution in [-0.2, 0) is 67.1 Å². The summed E-state index contributed by atoms with van der Waals surface area (Å²) >= 11 is 0. The van der Waals surface area contributed by atoms with Crippen LogP contribution in [0.1, 0.15) is 180 Å². The number of primary amides is 2. The van der Waals surface area contributed by atoms with Crippen molar-refractivity contribution in [1.82, 2.24) is 63.0 Å². The van der Waals surface area contributed by atoms with Crippen LogP contribution in [0.2, 0.25) is 0 Å². The van der Waals surface area contributed by atoms with E-state index in [1.54, 1.807) is 34.6 Å². The van der Waals surface area contributed by atoms with Crippen molar-refractivity contribution >= 4 is 82.7 Å². The third-order valence-corrected chi connectivity index (χ3v) is 17.6. The van der Waals surface area contributed by atoms with E-state index < -0.39 is 229 Å². The maximum Gasteiger partial charge on any atom is 0.248 e. The summed E-state index contributed by atoms with van der Waals surface area (Å²) in [5, 5.41) is 81.1. The highest BCUT2D eigenvalue weighted by Gasteiger charge is 2.46. The monoisotopic (exact) mass is 1390 g/mol. The Balaban J connectivity index is 2.98. The molecule has 0 aliphatic carbocycles. The molecule has 2 aliphatic rings. The number of carbonyl (C=O) groups is 14. The van der Waals surface area contributed by atoms with Crippen molar-refractivity contribution in [3.63, 3.8) is 0 Å².